The lowest BCUT2D eigenvalue weighted by Crippen LogP contribution is -2.35. The Morgan fingerprint density at radius 2 is 2.06 bits per heavy atom. The molecule has 0 spiro atoms. The minimum Gasteiger partial charge on any atom is -0.372 e. The first-order valence-electron chi connectivity index (χ1n) is 9.67. The summed E-state index contributed by atoms with van der Waals surface area (Å²) in [4.78, 5) is 42.5. The fraction of sp³-hybridized carbons (Fsp3) is 0.350. The van der Waals surface area contributed by atoms with Gasteiger partial charge < -0.3 is 20.1 Å². The van der Waals surface area contributed by atoms with E-state index in [0.29, 0.717) is 29.1 Å². The zero-order valence-electron chi connectivity index (χ0n) is 17.7. The Balaban J connectivity index is 2.04. The summed E-state index contributed by atoms with van der Waals surface area (Å²) in [6.07, 6.45) is 1.69. The number of halogens is 1. The van der Waals surface area contributed by atoms with Gasteiger partial charge in [0, 0.05) is 24.8 Å². The van der Waals surface area contributed by atoms with Crippen LogP contribution in [-0.4, -0.2) is 49.5 Å². The fourth-order valence-corrected chi connectivity index (χ4v) is 3.13. The summed E-state index contributed by atoms with van der Waals surface area (Å²) >= 11 is 0. The van der Waals surface area contributed by atoms with E-state index in [-0.39, 0.29) is 30.5 Å². The molecule has 2 N–H and O–H groups in total. The summed E-state index contributed by atoms with van der Waals surface area (Å²) in [5.74, 6) is -0.261. The molecular formula is C20H24FN7O3. The highest BCUT2D eigenvalue weighted by Gasteiger charge is 2.21. The maximum Gasteiger partial charge on any atom is 0.279 e. The molecule has 0 saturated carbocycles. The van der Waals surface area contributed by atoms with Gasteiger partial charge in [0.1, 0.15) is 23.8 Å². The minimum atomic E-state index is -0.510. The number of aromatic nitrogens is 4. The Morgan fingerprint density at radius 3 is 2.65 bits per heavy atom. The van der Waals surface area contributed by atoms with Gasteiger partial charge in [-0.2, -0.15) is 4.52 Å². The van der Waals surface area contributed by atoms with Crippen LogP contribution in [0.2, 0.25) is 0 Å². The number of anilines is 2. The van der Waals surface area contributed by atoms with Crippen molar-refractivity contribution in [1.82, 2.24) is 24.1 Å². The molecule has 3 rings (SSSR count). The van der Waals surface area contributed by atoms with E-state index < -0.39 is 11.7 Å². The van der Waals surface area contributed by atoms with Gasteiger partial charge >= 0.3 is 0 Å². The molecule has 0 aliphatic heterocycles. The van der Waals surface area contributed by atoms with Crippen molar-refractivity contribution in [3.8, 4) is 0 Å². The Morgan fingerprint density at radius 1 is 1.32 bits per heavy atom. The van der Waals surface area contributed by atoms with Crippen LogP contribution in [0, 0.1) is 12.7 Å². The molecule has 0 saturated heterocycles. The molecule has 3 aromatic rings. The molecule has 0 unspecified atom stereocenters. The Labute approximate surface area is 177 Å². The van der Waals surface area contributed by atoms with E-state index in [1.165, 1.54) is 21.5 Å². The Hall–Kier alpha value is -3.76. The lowest BCUT2D eigenvalue weighted by atomic mass is 10.2. The number of hydrogen-bond acceptors (Lipinski definition) is 6. The molecule has 2 amide bonds. The van der Waals surface area contributed by atoms with Gasteiger partial charge in [-0.15, -0.1) is 5.10 Å². The third kappa shape index (κ3) is 4.55. The third-order valence-corrected chi connectivity index (χ3v) is 4.95. The van der Waals surface area contributed by atoms with Crippen molar-refractivity contribution in [3.05, 3.63) is 51.8 Å². The second-order valence-electron chi connectivity index (χ2n) is 7.29. The normalized spacial score (nSPS) is 11.0. The van der Waals surface area contributed by atoms with Gasteiger partial charge in [-0.05, 0) is 32.9 Å². The zero-order valence-corrected chi connectivity index (χ0v) is 17.7. The number of pyridine rings is 1. The molecule has 0 bridgehead atoms. The predicted octanol–water partition coefficient (Wildman–Crippen LogP) is 1.39. The number of nitrogens with one attached hydrogen (secondary N) is 2. The van der Waals surface area contributed by atoms with Crippen LogP contribution in [0.3, 0.4) is 0 Å². The van der Waals surface area contributed by atoms with E-state index in [0.717, 1.165) is 6.20 Å². The van der Waals surface area contributed by atoms with Crippen molar-refractivity contribution < 1.29 is 14.0 Å². The van der Waals surface area contributed by atoms with Gasteiger partial charge in [0.25, 0.3) is 5.56 Å². The Kier molecular flexibility index (Phi) is 6.33. The highest BCUT2D eigenvalue weighted by atomic mass is 19.1. The number of amides is 2. The van der Waals surface area contributed by atoms with Crippen LogP contribution < -0.4 is 16.2 Å². The summed E-state index contributed by atoms with van der Waals surface area (Å²) in [7, 11) is 1.67. The molecule has 0 atom stereocenters. The van der Waals surface area contributed by atoms with Crippen molar-refractivity contribution >= 4 is 29.6 Å². The lowest BCUT2D eigenvalue weighted by molar-refractivity contribution is -0.120. The van der Waals surface area contributed by atoms with E-state index in [4.69, 9.17) is 0 Å². The quantitative estimate of drug-likeness (QED) is 0.523. The van der Waals surface area contributed by atoms with Crippen molar-refractivity contribution in [2.75, 3.05) is 17.7 Å². The first kappa shape index (κ1) is 21.9. The molecule has 11 heteroatoms. The summed E-state index contributed by atoms with van der Waals surface area (Å²) in [5, 5.41) is 9.74. The topological polar surface area (TPSA) is 114 Å². The molecule has 164 valence electrons. The third-order valence-electron chi connectivity index (χ3n) is 4.95. The van der Waals surface area contributed by atoms with Gasteiger partial charge in [-0.25, -0.2) is 9.37 Å². The van der Waals surface area contributed by atoms with E-state index in [9.17, 15) is 18.8 Å². The largest absolute Gasteiger partial charge is 0.372 e. The van der Waals surface area contributed by atoms with Crippen LogP contribution in [0.15, 0.2) is 29.2 Å². The predicted molar refractivity (Wildman–Crippen MR) is 113 cm³/mol. The highest BCUT2D eigenvalue weighted by Crippen LogP contribution is 2.16. The number of rotatable bonds is 8. The van der Waals surface area contributed by atoms with E-state index >= 15 is 0 Å². The summed E-state index contributed by atoms with van der Waals surface area (Å²) in [6, 6.07) is 4.09. The summed E-state index contributed by atoms with van der Waals surface area (Å²) in [6.45, 7) is 5.35. The average Bonchev–Trinajstić information content (AvgIpc) is 3.17. The molecule has 0 aliphatic rings. The fourth-order valence-electron chi connectivity index (χ4n) is 3.13. The minimum absolute atomic E-state index is 0.0810. The van der Waals surface area contributed by atoms with Crippen molar-refractivity contribution in [3.63, 3.8) is 0 Å². The number of hydrogen-bond donors (Lipinski definition) is 2. The monoisotopic (exact) mass is 429 g/mol. The summed E-state index contributed by atoms with van der Waals surface area (Å²) < 4.78 is 15.9. The average molecular weight is 429 g/mol. The van der Waals surface area contributed by atoms with Crippen molar-refractivity contribution in [2.24, 2.45) is 0 Å². The van der Waals surface area contributed by atoms with Crippen LogP contribution in [0.4, 0.5) is 16.0 Å². The van der Waals surface area contributed by atoms with Crippen LogP contribution >= 0.6 is 0 Å². The highest BCUT2D eigenvalue weighted by molar-refractivity contribution is 5.90. The first-order chi connectivity index (χ1) is 14.7. The smallest absolute Gasteiger partial charge is 0.279 e. The van der Waals surface area contributed by atoms with Gasteiger partial charge in [0.05, 0.1) is 18.3 Å². The maximum atomic E-state index is 13.1. The molecule has 0 aromatic carbocycles. The van der Waals surface area contributed by atoms with Crippen LogP contribution in [0.25, 0.3) is 5.65 Å². The first-order valence-corrected chi connectivity index (χ1v) is 9.67. The van der Waals surface area contributed by atoms with Crippen molar-refractivity contribution in [1.29, 1.82) is 0 Å². The van der Waals surface area contributed by atoms with Gasteiger partial charge in [0.15, 0.2) is 5.82 Å². The van der Waals surface area contributed by atoms with E-state index in [1.807, 2.05) is 13.8 Å². The van der Waals surface area contributed by atoms with E-state index in [1.54, 1.807) is 24.6 Å². The maximum absolute atomic E-state index is 13.1. The number of carbonyl (C=O) groups is 2. The second kappa shape index (κ2) is 8.94. The molecule has 3 heterocycles. The molecule has 3 aromatic heterocycles. The molecular weight excluding hydrogens is 405 g/mol. The van der Waals surface area contributed by atoms with Gasteiger partial charge in [-0.3, -0.25) is 14.4 Å². The SMILES string of the molecule is CNc1cc2n(CC(=O)Nc3ccc(F)cn3)c(C)c(CN(C=O)C(C)C)c(=O)n2n1. The molecule has 0 fully saturated rings. The molecule has 10 nitrogen and oxygen atoms in total. The number of fused-ring (bicyclic) bond motifs is 1. The number of nitrogens with zero attached hydrogens (tertiary/aromatic N) is 5. The van der Waals surface area contributed by atoms with Gasteiger partial charge in [-0.1, -0.05) is 0 Å². The molecule has 0 aliphatic carbocycles. The van der Waals surface area contributed by atoms with E-state index in [2.05, 4.69) is 20.7 Å². The second-order valence-corrected chi connectivity index (χ2v) is 7.29. The van der Waals surface area contributed by atoms with Gasteiger partial charge in [0.2, 0.25) is 12.3 Å². The molecule has 0 radical (unpaired) electrons. The van der Waals surface area contributed by atoms with Crippen molar-refractivity contribution in [2.45, 2.75) is 39.9 Å². The van der Waals surface area contributed by atoms with Crippen LogP contribution in [-0.2, 0) is 22.7 Å². The standard InChI is InChI=1S/C20H24FN7O3/c1-12(2)26(11-29)9-15-13(3)27(19-7-17(22-4)25-28(19)20(15)31)10-18(30)24-16-6-5-14(21)8-23-16/h5-8,11-12H,9-10H2,1-4H3,(H,22,25)(H,23,24,30). The summed E-state index contributed by atoms with van der Waals surface area (Å²) in [5.41, 5.74) is 0.944. The molecule has 31 heavy (non-hydrogen) atoms. The lowest BCUT2D eigenvalue weighted by Gasteiger charge is -2.23. The van der Waals surface area contributed by atoms with Crippen LogP contribution in [0.1, 0.15) is 25.1 Å². The van der Waals surface area contributed by atoms with Crippen LogP contribution in [0.5, 0.6) is 0 Å². The zero-order chi connectivity index (χ0) is 22.7. The Bertz CT molecular complexity index is 1170. The number of carbonyl (C=O) groups excluding carboxylic acids is 2.